The van der Waals surface area contributed by atoms with Crippen molar-refractivity contribution in [1.82, 2.24) is 15.6 Å². The first kappa shape index (κ1) is 10.7. The van der Waals surface area contributed by atoms with E-state index in [1.165, 1.54) is 43.1 Å². The van der Waals surface area contributed by atoms with Crippen LogP contribution in [0.15, 0.2) is 5.38 Å². The second kappa shape index (κ2) is 4.82. The SMILES string of the molecule is c1sc(CC2CNC2)nc1C1CCNCC1. The summed E-state index contributed by atoms with van der Waals surface area (Å²) in [6, 6.07) is 0. The molecule has 0 aliphatic carbocycles. The van der Waals surface area contributed by atoms with Gasteiger partial charge in [-0.3, -0.25) is 0 Å². The smallest absolute Gasteiger partial charge is 0.0932 e. The Morgan fingerprint density at radius 1 is 1.25 bits per heavy atom. The van der Waals surface area contributed by atoms with Crippen molar-refractivity contribution in [2.24, 2.45) is 5.92 Å². The largest absolute Gasteiger partial charge is 0.317 e. The summed E-state index contributed by atoms with van der Waals surface area (Å²) in [5.41, 5.74) is 1.36. The van der Waals surface area contributed by atoms with Gasteiger partial charge in [-0.25, -0.2) is 4.98 Å². The van der Waals surface area contributed by atoms with Gasteiger partial charge in [0.2, 0.25) is 0 Å². The van der Waals surface area contributed by atoms with E-state index in [2.05, 4.69) is 16.0 Å². The van der Waals surface area contributed by atoms with Gasteiger partial charge in [0.15, 0.2) is 0 Å². The summed E-state index contributed by atoms with van der Waals surface area (Å²) in [6.45, 7) is 4.68. The molecule has 88 valence electrons. The van der Waals surface area contributed by atoms with E-state index in [-0.39, 0.29) is 0 Å². The first-order chi connectivity index (χ1) is 7.92. The van der Waals surface area contributed by atoms with Gasteiger partial charge in [-0.1, -0.05) is 0 Å². The molecular weight excluding hydrogens is 218 g/mol. The van der Waals surface area contributed by atoms with Crippen molar-refractivity contribution >= 4 is 11.3 Å². The molecule has 2 fully saturated rings. The molecule has 0 spiro atoms. The minimum Gasteiger partial charge on any atom is -0.317 e. The van der Waals surface area contributed by atoms with E-state index >= 15 is 0 Å². The van der Waals surface area contributed by atoms with E-state index in [4.69, 9.17) is 4.98 Å². The van der Waals surface area contributed by atoms with Crippen LogP contribution in [0.5, 0.6) is 0 Å². The van der Waals surface area contributed by atoms with Crippen LogP contribution in [0.25, 0.3) is 0 Å². The van der Waals surface area contributed by atoms with Gasteiger partial charge < -0.3 is 10.6 Å². The van der Waals surface area contributed by atoms with Crippen molar-refractivity contribution in [2.75, 3.05) is 26.2 Å². The number of nitrogens with one attached hydrogen (secondary N) is 2. The second-order valence-electron chi connectivity index (χ2n) is 4.92. The highest BCUT2D eigenvalue weighted by Gasteiger charge is 2.21. The van der Waals surface area contributed by atoms with Crippen molar-refractivity contribution in [3.05, 3.63) is 16.1 Å². The number of hydrogen-bond acceptors (Lipinski definition) is 4. The number of hydrogen-bond donors (Lipinski definition) is 2. The van der Waals surface area contributed by atoms with Crippen LogP contribution in [0.3, 0.4) is 0 Å². The van der Waals surface area contributed by atoms with Crippen LogP contribution < -0.4 is 10.6 Å². The molecule has 0 atom stereocenters. The van der Waals surface area contributed by atoms with Crippen molar-refractivity contribution in [3.8, 4) is 0 Å². The molecule has 3 heterocycles. The van der Waals surface area contributed by atoms with Crippen molar-refractivity contribution in [3.63, 3.8) is 0 Å². The van der Waals surface area contributed by atoms with Crippen molar-refractivity contribution < 1.29 is 0 Å². The van der Waals surface area contributed by atoms with Crippen LogP contribution >= 0.6 is 11.3 Å². The van der Waals surface area contributed by atoms with E-state index in [0.29, 0.717) is 5.92 Å². The molecule has 1 aromatic heterocycles. The second-order valence-corrected chi connectivity index (χ2v) is 5.86. The Morgan fingerprint density at radius 3 is 2.75 bits per heavy atom. The Morgan fingerprint density at radius 2 is 2.06 bits per heavy atom. The maximum Gasteiger partial charge on any atom is 0.0932 e. The Labute approximate surface area is 101 Å². The fraction of sp³-hybridized carbons (Fsp3) is 0.750. The van der Waals surface area contributed by atoms with E-state index < -0.39 is 0 Å². The van der Waals surface area contributed by atoms with Gasteiger partial charge in [-0.15, -0.1) is 11.3 Å². The normalized spacial score (nSPS) is 23.2. The Bertz CT molecular complexity index is 340. The van der Waals surface area contributed by atoms with Crippen LogP contribution in [-0.2, 0) is 6.42 Å². The van der Waals surface area contributed by atoms with Gasteiger partial charge in [-0.2, -0.15) is 0 Å². The number of nitrogens with zero attached hydrogens (tertiary/aromatic N) is 1. The molecule has 1 aromatic rings. The molecule has 2 saturated heterocycles. The highest BCUT2D eigenvalue weighted by Crippen LogP contribution is 2.27. The fourth-order valence-electron chi connectivity index (χ4n) is 2.46. The standard InChI is InChI=1S/C12H19N3S/c1-3-13-4-2-10(1)11-8-16-12(15-11)5-9-6-14-7-9/h8-10,13-14H,1-7H2. The molecule has 0 radical (unpaired) electrons. The van der Waals surface area contributed by atoms with Crippen molar-refractivity contribution in [2.45, 2.75) is 25.2 Å². The molecule has 2 aliphatic rings. The summed E-state index contributed by atoms with van der Waals surface area (Å²) in [5.74, 6) is 1.55. The molecule has 2 aliphatic heterocycles. The quantitative estimate of drug-likeness (QED) is 0.834. The minimum absolute atomic E-state index is 0.714. The van der Waals surface area contributed by atoms with E-state index in [1.807, 2.05) is 11.3 Å². The first-order valence-electron chi connectivity index (χ1n) is 6.27. The van der Waals surface area contributed by atoms with E-state index in [9.17, 15) is 0 Å². The summed E-state index contributed by atoms with van der Waals surface area (Å²) >= 11 is 1.86. The number of aromatic nitrogens is 1. The first-order valence-corrected chi connectivity index (χ1v) is 7.15. The lowest BCUT2D eigenvalue weighted by atomic mass is 9.95. The summed E-state index contributed by atoms with van der Waals surface area (Å²) in [4.78, 5) is 4.82. The molecule has 0 saturated carbocycles. The summed E-state index contributed by atoms with van der Waals surface area (Å²) in [7, 11) is 0. The number of rotatable bonds is 3. The highest BCUT2D eigenvalue weighted by atomic mass is 32.1. The number of piperidine rings is 1. The third kappa shape index (κ3) is 2.29. The predicted molar refractivity (Wildman–Crippen MR) is 67.0 cm³/mol. The maximum atomic E-state index is 4.82. The Kier molecular flexibility index (Phi) is 3.22. The maximum absolute atomic E-state index is 4.82. The van der Waals surface area contributed by atoms with Gasteiger partial charge in [0, 0.05) is 17.7 Å². The van der Waals surface area contributed by atoms with Gasteiger partial charge in [-0.05, 0) is 44.9 Å². The zero-order chi connectivity index (χ0) is 10.8. The predicted octanol–water partition coefficient (Wildman–Crippen LogP) is 1.37. The number of thiazole rings is 1. The minimum atomic E-state index is 0.714. The molecule has 3 nitrogen and oxygen atoms in total. The molecule has 3 rings (SSSR count). The third-order valence-corrected chi connectivity index (χ3v) is 4.55. The van der Waals surface area contributed by atoms with Gasteiger partial charge in [0.1, 0.15) is 0 Å². The van der Waals surface area contributed by atoms with Crippen LogP contribution in [0.4, 0.5) is 0 Å². The lowest BCUT2D eigenvalue weighted by Crippen LogP contribution is -2.43. The summed E-state index contributed by atoms with van der Waals surface area (Å²) in [6.07, 6.45) is 3.70. The average molecular weight is 237 g/mol. The molecule has 2 N–H and O–H groups in total. The Hall–Kier alpha value is -0.450. The summed E-state index contributed by atoms with van der Waals surface area (Å²) < 4.78 is 0. The van der Waals surface area contributed by atoms with Gasteiger partial charge in [0.25, 0.3) is 0 Å². The average Bonchev–Trinajstić information content (AvgIpc) is 2.73. The topological polar surface area (TPSA) is 37.0 Å². The van der Waals surface area contributed by atoms with Crippen LogP contribution in [0.2, 0.25) is 0 Å². The zero-order valence-electron chi connectivity index (χ0n) is 9.54. The molecule has 0 amide bonds. The molecule has 16 heavy (non-hydrogen) atoms. The van der Waals surface area contributed by atoms with Crippen molar-refractivity contribution in [1.29, 1.82) is 0 Å². The van der Waals surface area contributed by atoms with Crippen LogP contribution in [0, 0.1) is 5.92 Å². The van der Waals surface area contributed by atoms with E-state index in [1.54, 1.807) is 0 Å². The molecule has 4 heteroatoms. The van der Waals surface area contributed by atoms with Gasteiger partial charge >= 0.3 is 0 Å². The molecular formula is C12H19N3S. The lowest BCUT2D eigenvalue weighted by molar-refractivity contribution is 0.346. The zero-order valence-corrected chi connectivity index (χ0v) is 10.4. The monoisotopic (exact) mass is 237 g/mol. The lowest BCUT2D eigenvalue weighted by Gasteiger charge is -2.26. The summed E-state index contributed by atoms with van der Waals surface area (Å²) in [5, 5.41) is 10.4. The van der Waals surface area contributed by atoms with E-state index in [0.717, 1.165) is 19.0 Å². The third-order valence-electron chi connectivity index (χ3n) is 3.66. The molecule has 0 bridgehead atoms. The molecule has 0 aromatic carbocycles. The Balaban J connectivity index is 1.61. The van der Waals surface area contributed by atoms with Gasteiger partial charge in [0.05, 0.1) is 10.7 Å². The van der Waals surface area contributed by atoms with Crippen LogP contribution in [-0.4, -0.2) is 31.2 Å². The highest BCUT2D eigenvalue weighted by molar-refractivity contribution is 7.09. The fourth-order valence-corrected chi connectivity index (χ4v) is 3.46. The molecule has 0 unspecified atom stereocenters. The van der Waals surface area contributed by atoms with Crippen LogP contribution in [0.1, 0.15) is 29.5 Å².